The van der Waals surface area contributed by atoms with E-state index in [1.807, 2.05) is 4.90 Å². The van der Waals surface area contributed by atoms with Crippen LogP contribution >= 0.6 is 11.3 Å². The van der Waals surface area contributed by atoms with Crippen LogP contribution in [0, 0.1) is 0 Å². The Morgan fingerprint density at radius 1 is 1.60 bits per heavy atom. The van der Waals surface area contributed by atoms with E-state index in [-0.39, 0.29) is 5.91 Å². The summed E-state index contributed by atoms with van der Waals surface area (Å²) in [7, 11) is 0. The van der Waals surface area contributed by atoms with Crippen LogP contribution in [0.5, 0.6) is 0 Å². The third kappa shape index (κ3) is 3.02. The van der Waals surface area contributed by atoms with Crippen molar-refractivity contribution >= 4 is 22.4 Å². The summed E-state index contributed by atoms with van der Waals surface area (Å²) in [5.41, 5.74) is 1.09. The van der Waals surface area contributed by atoms with E-state index in [9.17, 15) is 4.79 Å². The number of aromatic nitrogens is 1. The van der Waals surface area contributed by atoms with Gasteiger partial charge in [0.2, 0.25) is 5.91 Å². The predicted molar refractivity (Wildman–Crippen MR) is 81.0 cm³/mol. The maximum atomic E-state index is 11.8. The first-order valence-corrected chi connectivity index (χ1v) is 8.22. The molecule has 2 heterocycles. The first-order chi connectivity index (χ1) is 9.65. The third-order valence-corrected chi connectivity index (χ3v) is 4.89. The van der Waals surface area contributed by atoms with E-state index in [0.29, 0.717) is 12.1 Å². The monoisotopic (exact) mass is 294 g/mol. The van der Waals surface area contributed by atoms with Gasteiger partial charge in [-0.2, -0.15) is 0 Å². The number of nitrogens with zero attached hydrogens (tertiary/aromatic N) is 3. The fourth-order valence-electron chi connectivity index (χ4n) is 2.69. The second-order valence-corrected chi connectivity index (χ2v) is 6.60. The number of carbonyl (C=O) groups is 1. The molecule has 1 amide bonds. The second kappa shape index (κ2) is 5.79. The maximum absolute atomic E-state index is 11.8. The molecule has 1 N–H and O–H groups in total. The summed E-state index contributed by atoms with van der Waals surface area (Å²) in [5, 5.41) is 6.37. The minimum atomic E-state index is 0.115. The first-order valence-electron chi connectivity index (χ1n) is 7.34. The highest BCUT2D eigenvalue weighted by Crippen LogP contribution is 2.33. The summed E-state index contributed by atoms with van der Waals surface area (Å²) in [5.74, 6) is 0.115. The summed E-state index contributed by atoms with van der Waals surface area (Å²) >= 11 is 1.60. The molecule has 2 fully saturated rings. The molecule has 6 heteroatoms. The van der Waals surface area contributed by atoms with Gasteiger partial charge in [0, 0.05) is 50.6 Å². The van der Waals surface area contributed by atoms with Crippen LogP contribution in [-0.4, -0.2) is 47.5 Å². The van der Waals surface area contributed by atoms with Gasteiger partial charge >= 0.3 is 0 Å². The van der Waals surface area contributed by atoms with Gasteiger partial charge in [-0.05, 0) is 19.8 Å². The summed E-state index contributed by atoms with van der Waals surface area (Å²) in [4.78, 5) is 20.8. The topological polar surface area (TPSA) is 48.5 Å². The molecule has 1 saturated carbocycles. The van der Waals surface area contributed by atoms with Gasteiger partial charge in [0.15, 0.2) is 5.13 Å². The van der Waals surface area contributed by atoms with Gasteiger partial charge in [0.1, 0.15) is 0 Å². The SMILES string of the molecule is CC(=O)N(c1nc(CN2CCNC[C@@H]2C)cs1)C1CC1. The van der Waals surface area contributed by atoms with E-state index in [4.69, 9.17) is 0 Å². The normalized spacial score (nSPS) is 23.8. The van der Waals surface area contributed by atoms with Gasteiger partial charge in [-0.3, -0.25) is 14.6 Å². The van der Waals surface area contributed by atoms with Crippen molar-refractivity contribution in [2.45, 2.75) is 45.3 Å². The number of thiazole rings is 1. The number of amides is 1. The van der Waals surface area contributed by atoms with E-state index < -0.39 is 0 Å². The summed E-state index contributed by atoms with van der Waals surface area (Å²) < 4.78 is 0. The molecule has 20 heavy (non-hydrogen) atoms. The van der Waals surface area contributed by atoms with Crippen LogP contribution in [-0.2, 0) is 11.3 Å². The summed E-state index contributed by atoms with van der Waals surface area (Å²) in [6.45, 7) is 7.91. The predicted octanol–water partition coefficient (Wildman–Crippen LogP) is 1.45. The molecule has 0 radical (unpaired) electrons. The van der Waals surface area contributed by atoms with E-state index in [0.717, 1.165) is 49.8 Å². The molecule has 0 spiro atoms. The molecule has 0 unspecified atom stereocenters. The molecule has 1 aromatic heterocycles. The van der Waals surface area contributed by atoms with Crippen LogP contribution in [0.25, 0.3) is 0 Å². The number of hydrogen-bond donors (Lipinski definition) is 1. The second-order valence-electron chi connectivity index (χ2n) is 5.77. The molecule has 0 bridgehead atoms. The zero-order valence-corrected chi connectivity index (χ0v) is 12.9. The molecular weight excluding hydrogens is 272 g/mol. The summed E-state index contributed by atoms with van der Waals surface area (Å²) in [6, 6.07) is 0.936. The van der Waals surface area contributed by atoms with Crippen LogP contribution in [0.4, 0.5) is 5.13 Å². The van der Waals surface area contributed by atoms with Gasteiger partial charge in [0.25, 0.3) is 0 Å². The van der Waals surface area contributed by atoms with Crippen molar-refractivity contribution in [1.29, 1.82) is 0 Å². The zero-order valence-electron chi connectivity index (χ0n) is 12.1. The Morgan fingerprint density at radius 3 is 3.05 bits per heavy atom. The van der Waals surface area contributed by atoms with E-state index in [2.05, 4.69) is 27.5 Å². The summed E-state index contributed by atoms with van der Waals surface area (Å²) in [6.07, 6.45) is 2.23. The Bertz CT molecular complexity index is 485. The molecule has 1 aliphatic heterocycles. The Hall–Kier alpha value is -0.980. The van der Waals surface area contributed by atoms with Crippen LogP contribution in [0.3, 0.4) is 0 Å². The van der Waals surface area contributed by atoms with Crippen molar-refractivity contribution in [2.24, 2.45) is 0 Å². The number of piperazine rings is 1. The van der Waals surface area contributed by atoms with Gasteiger partial charge in [-0.15, -0.1) is 11.3 Å². The Labute approximate surface area is 124 Å². The van der Waals surface area contributed by atoms with Gasteiger partial charge in [0.05, 0.1) is 5.69 Å². The van der Waals surface area contributed by atoms with Crippen LogP contribution in [0.1, 0.15) is 32.4 Å². The van der Waals surface area contributed by atoms with Crippen LogP contribution in [0.2, 0.25) is 0 Å². The maximum Gasteiger partial charge on any atom is 0.225 e. The van der Waals surface area contributed by atoms with E-state index in [1.54, 1.807) is 18.3 Å². The first kappa shape index (κ1) is 14.0. The van der Waals surface area contributed by atoms with E-state index >= 15 is 0 Å². The highest BCUT2D eigenvalue weighted by molar-refractivity contribution is 7.14. The average Bonchev–Trinajstić information content (AvgIpc) is 3.12. The van der Waals surface area contributed by atoms with E-state index in [1.165, 1.54) is 0 Å². The standard InChI is InChI=1S/C14H22N4OS/c1-10-7-15-5-6-17(10)8-12-9-20-14(16-12)18(11(2)19)13-3-4-13/h9-10,13,15H,3-8H2,1-2H3/t10-/m0/s1. The highest BCUT2D eigenvalue weighted by Gasteiger charge is 2.33. The number of anilines is 1. The number of carbonyl (C=O) groups excluding carboxylic acids is 1. The molecule has 110 valence electrons. The number of rotatable bonds is 4. The van der Waals surface area contributed by atoms with Crippen LogP contribution in [0.15, 0.2) is 5.38 Å². The van der Waals surface area contributed by atoms with Gasteiger partial charge in [-0.1, -0.05) is 0 Å². The van der Waals surface area contributed by atoms with Crippen LogP contribution < -0.4 is 10.2 Å². The molecule has 5 nitrogen and oxygen atoms in total. The Balaban J connectivity index is 1.68. The quantitative estimate of drug-likeness (QED) is 0.913. The highest BCUT2D eigenvalue weighted by atomic mass is 32.1. The Morgan fingerprint density at radius 2 is 2.40 bits per heavy atom. The average molecular weight is 294 g/mol. The Kier molecular flexibility index (Phi) is 4.05. The van der Waals surface area contributed by atoms with Crippen molar-refractivity contribution < 1.29 is 4.79 Å². The minimum Gasteiger partial charge on any atom is -0.314 e. The number of hydrogen-bond acceptors (Lipinski definition) is 5. The smallest absolute Gasteiger partial charge is 0.225 e. The van der Waals surface area contributed by atoms with Crippen molar-refractivity contribution in [3.63, 3.8) is 0 Å². The molecule has 1 saturated heterocycles. The molecule has 0 aromatic carbocycles. The third-order valence-electron chi connectivity index (χ3n) is 4.00. The molecule has 3 rings (SSSR count). The van der Waals surface area contributed by atoms with Gasteiger partial charge in [-0.25, -0.2) is 4.98 Å². The molecule has 2 aliphatic rings. The lowest BCUT2D eigenvalue weighted by atomic mass is 10.2. The van der Waals surface area contributed by atoms with Crippen molar-refractivity contribution in [3.05, 3.63) is 11.1 Å². The molecular formula is C14H22N4OS. The number of nitrogens with one attached hydrogen (secondary N) is 1. The zero-order chi connectivity index (χ0) is 14.1. The minimum absolute atomic E-state index is 0.115. The fraction of sp³-hybridized carbons (Fsp3) is 0.714. The molecule has 1 aromatic rings. The largest absolute Gasteiger partial charge is 0.314 e. The van der Waals surface area contributed by atoms with Crippen molar-refractivity contribution in [1.82, 2.24) is 15.2 Å². The van der Waals surface area contributed by atoms with Crippen molar-refractivity contribution in [2.75, 3.05) is 24.5 Å². The fourth-order valence-corrected chi connectivity index (χ4v) is 3.62. The van der Waals surface area contributed by atoms with Crippen molar-refractivity contribution in [3.8, 4) is 0 Å². The lowest BCUT2D eigenvalue weighted by Crippen LogP contribution is -2.49. The molecule has 1 atom stereocenters. The molecule has 1 aliphatic carbocycles. The lowest BCUT2D eigenvalue weighted by molar-refractivity contribution is -0.116. The lowest BCUT2D eigenvalue weighted by Gasteiger charge is -2.33. The van der Waals surface area contributed by atoms with Gasteiger partial charge < -0.3 is 5.32 Å².